The SMILES string of the molecule is C=CC1=CC1(C)C1C2NC21C. The fourth-order valence-electron chi connectivity index (χ4n) is 2.69. The number of hydrogen-bond acceptors (Lipinski definition) is 1. The van der Waals surface area contributed by atoms with Crippen LogP contribution >= 0.6 is 0 Å². The van der Waals surface area contributed by atoms with E-state index in [1.807, 2.05) is 6.08 Å². The molecule has 0 aromatic heterocycles. The molecule has 0 aromatic rings. The lowest BCUT2D eigenvalue weighted by molar-refractivity contribution is 0.400. The lowest BCUT2D eigenvalue weighted by Gasteiger charge is -2.17. The quantitative estimate of drug-likeness (QED) is 0.587. The predicted molar refractivity (Wildman–Crippen MR) is 45.2 cm³/mol. The average Bonchev–Trinajstić information content (AvgIpc) is 2.76. The highest BCUT2D eigenvalue weighted by Gasteiger charge is 2.82. The van der Waals surface area contributed by atoms with Crippen molar-refractivity contribution in [3.05, 3.63) is 24.3 Å². The zero-order chi connectivity index (χ0) is 7.85. The summed E-state index contributed by atoms with van der Waals surface area (Å²) in [4.78, 5) is 0. The molecule has 4 unspecified atom stereocenters. The summed E-state index contributed by atoms with van der Waals surface area (Å²) < 4.78 is 0. The summed E-state index contributed by atoms with van der Waals surface area (Å²) in [6.07, 6.45) is 4.35. The third kappa shape index (κ3) is 0.467. The van der Waals surface area contributed by atoms with Crippen molar-refractivity contribution in [3.63, 3.8) is 0 Å². The largest absolute Gasteiger partial charge is 0.305 e. The van der Waals surface area contributed by atoms with E-state index in [9.17, 15) is 0 Å². The van der Waals surface area contributed by atoms with Gasteiger partial charge in [-0.05, 0) is 12.5 Å². The summed E-state index contributed by atoms with van der Waals surface area (Å²) in [7, 11) is 0. The molecule has 0 bridgehead atoms. The minimum absolute atomic E-state index is 0.423. The summed E-state index contributed by atoms with van der Waals surface area (Å²) in [5.74, 6) is 0.878. The molecule has 0 spiro atoms. The van der Waals surface area contributed by atoms with Gasteiger partial charge in [-0.3, -0.25) is 0 Å². The normalized spacial score (nSPS) is 62.9. The fraction of sp³-hybridized carbons (Fsp3) is 0.600. The number of allylic oxidation sites excluding steroid dienone is 3. The first-order valence-electron chi connectivity index (χ1n) is 4.26. The molecule has 2 aliphatic carbocycles. The van der Waals surface area contributed by atoms with Crippen molar-refractivity contribution in [1.29, 1.82) is 0 Å². The Morgan fingerprint density at radius 3 is 2.55 bits per heavy atom. The van der Waals surface area contributed by atoms with E-state index in [0.29, 0.717) is 11.0 Å². The van der Waals surface area contributed by atoms with Crippen molar-refractivity contribution in [2.24, 2.45) is 11.3 Å². The van der Waals surface area contributed by atoms with Crippen molar-refractivity contribution in [2.45, 2.75) is 25.4 Å². The lowest BCUT2D eigenvalue weighted by Crippen LogP contribution is -2.24. The van der Waals surface area contributed by atoms with Crippen LogP contribution in [0.2, 0.25) is 0 Å². The van der Waals surface area contributed by atoms with Crippen molar-refractivity contribution >= 4 is 0 Å². The van der Waals surface area contributed by atoms with Crippen LogP contribution < -0.4 is 5.32 Å². The highest BCUT2D eigenvalue weighted by Crippen LogP contribution is 2.71. The molecule has 3 rings (SSSR count). The Kier molecular flexibility index (Phi) is 0.669. The molecule has 1 saturated heterocycles. The van der Waals surface area contributed by atoms with Crippen LogP contribution in [0.4, 0.5) is 0 Å². The van der Waals surface area contributed by atoms with Gasteiger partial charge in [-0.1, -0.05) is 25.7 Å². The molecule has 58 valence electrons. The standard InChI is InChI=1S/C10H13N/c1-4-6-5-9(6,2)7-8-10(7,3)11-8/h4-5,7-8,11H,1H2,2-3H3. The van der Waals surface area contributed by atoms with Crippen LogP contribution in [0.15, 0.2) is 24.3 Å². The number of nitrogens with one attached hydrogen (secondary N) is 1. The highest BCUT2D eigenvalue weighted by molar-refractivity contribution is 5.55. The topological polar surface area (TPSA) is 21.9 Å². The summed E-state index contributed by atoms with van der Waals surface area (Å²) in [5.41, 5.74) is 2.39. The zero-order valence-corrected chi connectivity index (χ0v) is 7.02. The van der Waals surface area contributed by atoms with Gasteiger partial charge in [-0.25, -0.2) is 0 Å². The Balaban J connectivity index is 1.80. The highest BCUT2D eigenvalue weighted by atomic mass is 15.4. The van der Waals surface area contributed by atoms with Gasteiger partial charge < -0.3 is 5.32 Å². The maximum atomic E-state index is 3.80. The van der Waals surface area contributed by atoms with Gasteiger partial charge in [0.15, 0.2) is 0 Å². The second kappa shape index (κ2) is 1.22. The minimum Gasteiger partial charge on any atom is -0.305 e. The van der Waals surface area contributed by atoms with Crippen LogP contribution in [0.5, 0.6) is 0 Å². The second-order valence-electron chi connectivity index (χ2n) is 4.47. The summed E-state index contributed by atoms with van der Waals surface area (Å²) in [6.45, 7) is 8.45. The third-order valence-electron chi connectivity index (χ3n) is 3.76. The second-order valence-corrected chi connectivity index (χ2v) is 4.47. The van der Waals surface area contributed by atoms with Gasteiger partial charge in [0, 0.05) is 22.9 Å². The first-order chi connectivity index (χ1) is 5.13. The number of fused-ring (bicyclic) bond motifs is 1. The van der Waals surface area contributed by atoms with Gasteiger partial charge in [0.05, 0.1) is 0 Å². The summed E-state index contributed by atoms with van der Waals surface area (Å²) >= 11 is 0. The molecule has 2 fully saturated rings. The van der Waals surface area contributed by atoms with Crippen molar-refractivity contribution in [3.8, 4) is 0 Å². The van der Waals surface area contributed by atoms with E-state index in [0.717, 1.165) is 12.0 Å². The van der Waals surface area contributed by atoms with E-state index in [1.165, 1.54) is 5.57 Å². The molecule has 1 heterocycles. The molecule has 4 atom stereocenters. The van der Waals surface area contributed by atoms with Gasteiger partial charge in [0.2, 0.25) is 0 Å². The first-order valence-corrected chi connectivity index (χ1v) is 4.26. The molecule has 1 saturated carbocycles. The Hall–Kier alpha value is -0.560. The molecule has 1 heteroatoms. The zero-order valence-electron chi connectivity index (χ0n) is 7.02. The predicted octanol–water partition coefficient (Wildman–Crippen LogP) is 1.48. The maximum absolute atomic E-state index is 3.80. The van der Waals surface area contributed by atoms with Crippen molar-refractivity contribution in [2.75, 3.05) is 0 Å². The molecule has 11 heavy (non-hydrogen) atoms. The molecule has 0 aromatic carbocycles. The van der Waals surface area contributed by atoms with E-state index in [4.69, 9.17) is 0 Å². The number of hydrogen-bond donors (Lipinski definition) is 1. The van der Waals surface area contributed by atoms with Gasteiger partial charge in [0.25, 0.3) is 0 Å². The van der Waals surface area contributed by atoms with Gasteiger partial charge in [-0.2, -0.15) is 0 Å². The molecule has 3 aliphatic rings. The van der Waals surface area contributed by atoms with E-state index >= 15 is 0 Å². The summed E-state index contributed by atoms with van der Waals surface area (Å²) in [6, 6.07) is 0.821. The van der Waals surface area contributed by atoms with E-state index in [2.05, 4.69) is 31.8 Å². The van der Waals surface area contributed by atoms with Crippen LogP contribution in [0.3, 0.4) is 0 Å². The smallest absolute Gasteiger partial charge is 0.0369 e. The molecule has 1 aliphatic heterocycles. The summed E-state index contributed by atoms with van der Waals surface area (Å²) in [5, 5.41) is 3.44. The fourth-order valence-corrected chi connectivity index (χ4v) is 2.69. The van der Waals surface area contributed by atoms with Gasteiger partial charge in [-0.15, -0.1) is 0 Å². The molecule has 0 amide bonds. The molecular formula is C10H13N. The van der Waals surface area contributed by atoms with E-state index in [-0.39, 0.29) is 0 Å². The average molecular weight is 147 g/mol. The lowest BCUT2D eigenvalue weighted by atomic mass is 9.91. The van der Waals surface area contributed by atoms with Gasteiger partial charge >= 0.3 is 0 Å². The van der Waals surface area contributed by atoms with Crippen LogP contribution in [-0.4, -0.2) is 11.6 Å². The van der Waals surface area contributed by atoms with Gasteiger partial charge in [0.1, 0.15) is 0 Å². The molecular weight excluding hydrogens is 134 g/mol. The Morgan fingerprint density at radius 2 is 2.27 bits per heavy atom. The van der Waals surface area contributed by atoms with Crippen LogP contribution in [0, 0.1) is 11.3 Å². The van der Waals surface area contributed by atoms with Crippen LogP contribution in [0.1, 0.15) is 13.8 Å². The molecule has 0 radical (unpaired) electrons. The third-order valence-corrected chi connectivity index (χ3v) is 3.76. The first kappa shape index (κ1) is 6.01. The van der Waals surface area contributed by atoms with Crippen LogP contribution in [0.25, 0.3) is 0 Å². The van der Waals surface area contributed by atoms with E-state index in [1.54, 1.807) is 0 Å². The Labute approximate surface area is 67.2 Å². The van der Waals surface area contributed by atoms with Crippen molar-refractivity contribution < 1.29 is 0 Å². The monoisotopic (exact) mass is 147 g/mol. The maximum Gasteiger partial charge on any atom is 0.0369 e. The molecule has 1 nitrogen and oxygen atoms in total. The van der Waals surface area contributed by atoms with Crippen molar-refractivity contribution in [1.82, 2.24) is 5.32 Å². The number of rotatable bonds is 2. The molecule has 1 N–H and O–H groups in total. The van der Waals surface area contributed by atoms with Crippen LogP contribution in [-0.2, 0) is 0 Å². The van der Waals surface area contributed by atoms with E-state index < -0.39 is 0 Å². The Morgan fingerprint density at radius 1 is 1.64 bits per heavy atom. The minimum atomic E-state index is 0.423. The Bertz CT molecular complexity index is 291.